The van der Waals surface area contributed by atoms with Gasteiger partial charge < -0.3 is 15.5 Å². The Morgan fingerprint density at radius 3 is 2.38 bits per heavy atom. The molecule has 0 atom stereocenters. The number of nitrogens with zero attached hydrogens (tertiary/aromatic N) is 2. The minimum Gasteiger partial charge on any atom is -0.355 e. The van der Waals surface area contributed by atoms with Crippen LogP contribution < -0.4 is 10.6 Å². The fourth-order valence-electron chi connectivity index (χ4n) is 3.24. The van der Waals surface area contributed by atoms with Gasteiger partial charge in [0.1, 0.15) is 0 Å². The number of nitrogens with one attached hydrogen (secondary N) is 2. The first-order valence-electron chi connectivity index (χ1n) is 9.22. The second-order valence-corrected chi connectivity index (χ2v) is 7.77. The molecule has 0 aromatic heterocycles. The molecule has 2 rings (SSSR count). The molecule has 1 aromatic rings. The highest BCUT2D eigenvalue weighted by Crippen LogP contribution is 2.21. The molecular formula is C20H34N4. The molecule has 0 spiro atoms. The van der Waals surface area contributed by atoms with E-state index in [-0.39, 0.29) is 5.54 Å². The van der Waals surface area contributed by atoms with E-state index in [4.69, 9.17) is 0 Å². The van der Waals surface area contributed by atoms with Gasteiger partial charge in [0, 0.05) is 38.8 Å². The quantitative estimate of drug-likeness (QED) is 0.495. The summed E-state index contributed by atoms with van der Waals surface area (Å²) in [5.74, 6) is 1.84. The number of hydrogen-bond donors (Lipinski definition) is 2. The molecule has 24 heavy (non-hydrogen) atoms. The second kappa shape index (κ2) is 9.07. The lowest BCUT2D eigenvalue weighted by atomic mass is 9.90. The summed E-state index contributed by atoms with van der Waals surface area (Å²) in [6.45, 7) is 10.6. The zero-order chi connectivity index (χ0) is 17.4. The van der Waals surface area contributed by atoms with Gasteiger partial charge in [-0.15, -0.1) is 0 Å². The normalized spacial score (nSPS) is 17.2. The molecule has 0 unspecified atom stereocenters. The van der Waals surface area contributed by atoms with Gasteiger partial charge >= 0.3 is 0 Å². The molecule has 1 fully saturated rings. The van der Waals surface area contributed by atoms with Gasteiger partial charge in [0.05, 0.1) is 0 Å². The predicted octanol–water partition coefficient (Wildman–Crippen LogP) is 2.90. The van der Waals surface area contributed by atoms with Crippen LogP contribution in [0.15, 0.2) is 35.3 Å². The molecule has 4 heteroatoms. The van der Waals surface area contributed by atoms with Crippen molar-refractivity contribution in [3.8, 4) is 0 Å². The number of hydrogen-bond acceptors (Lipinski definition) is 2. The Morgan fingerprint density at radius 2 is 1.79 bits per heavy atom. The molecular weight excluding hydrogens is 296 g/mol. The summed E-state index contributed by atoms with van der Waals surface area (Å²) in [5.41, 5.74) is 1.63. The third-order valence-electron chi connectivity index (χ3n) is 4.56. The topological polar surface area (TPSA) is 39.7 Å². The average Bonchev–Trinajstić information content (AvgIpc) is 2.56. The highest BCUT2D eigenvalue weighted by Gasteiger charge is 2.21. The van der Waals surface area contributed by atoms with Gasteiger partial charge in [0.25, 0.3) is 0 Å². The third kappa shape index (κ3) is 6.52. The van der Waals surface area contributed by atoms with E-state index in [0.29, 0.717) is 0 Å². The first-order chi connectivity index (χ1) is 11.5. The van der Waals surface area contributed by atoms with Gasteiger partial charge in [-0.25, -0.2) is 0 Å². The highest BCUT2D eigenvalue weighted by molar-refractivity contribution is 5.79. The van der Waals surface area contributed by atoms with Crippen LogP contribution in [0, 0.1) is 5.92 Å². The van der Waals surface area contributed by atoms with Crippen LogP contribution in [0.3, 0.4) is 0 Å². The summed E-state index contributed by atoms with van der Waals surface area (Å²) in [6, 6.07) is 10.9. The van der Waals surface area contributed by atoms with Gasteiger partial charge in [-0.3, -0.25) is 4.99 Å². The van der Waals surface area contributed by atoms with Crippen molar-refractivity contribution in [2.75, 3.05) is 33.2 Å². The fraction of sp³-hybridized carbons (Fsp3) is 0.650. The maximum atomic E-state index is 4.46. The lowest BCUT2D eigenvalue weighted by Gasteiger charge is -2.34. The van der Waals surface area contributed by atoms with E-state index in [1.54, 1.807) is 0 Å². The third-order valence-corrected chi connectivity index (χ3v) is 4.56. The van der Waals surface area contributed by atoms with Crippen LogP contribution in [0.25, 0.3) is 0 Å². The summed E-state index contributed by atoms with van der Waals surface area (Å²) in [4.78, 5) is 6.86. The second-order valence-electron chi connectivity index (χ2n) is 7.77. The van der Waals surface area contributed by atoms with Crippen molar-refractivity contribution >= 4 is 5.96 Å². The van der Waals surface area contributed by atoms with E-state index in [1.165, 1.54) is 24.8 Å². The molecule has 0 bridgehead atoms. The molecule has 4 nitrogen and oxygen atoms in total. The Kier molecular flexibility index (Phi) is 7.10. The van der Waals surface area contributed by atoms with E-state index in [9.17, 15) is 0 Å². The van der Waals surface area contributed by atoms with Crippen molar-refractivity contribution < 1.29 is 0 Å². The number of likely N-dealkylation sites (tertiary alicyclic amines) is 1. The largest absolute Gasteiger partial charge is 0.355 e. The Morgan fingerprint density at radius 1 is 1.12 bits per heavy atom. The number of aliphatic imine (C=N–C) groups is 1. The zero-order valence-electron chi connectivity index (χ0n) is 15.8. The first-order valence-corrected chi connectivity index (χ1v) is 9.22. The molecule has 0 amide bonds. The van der Waals surface area contributed by atoms with Crippen LogP contribution in [0.2, 0.25) is 0 Å². The standard InChI is InChI=1S/C20H34N4/c1-20(2,3)23-13-12-22-19(21-4)24-14-10-18(11-15-24)16-17-8-6-5-7-9-17/h5-9,18,23H,10-16H2,1-4H3,(H,21,22). The van der Waals surface area contributed by atoms with E-state index in [0.717, 1.165) is 38.1 Å². The minimum atomic E-state index is 0.168. The van der Waals surface area contributed by atoms with E-state index >= 15 is 0 Å². The van der Waals surface area contributed by atoms with Crippen LogP contribution in [0.5, 0.6) is 0 Å². The summed E-state index contributed by atoms with van der Waals surface area (Å²) < 4.78 is 0. The maximum absolute atomic E-state index is 4.46. The Bertz CT molecular complexity index is 496. The van der Waals surface area contributed by atoms with Crippen LogP contribution in [0.1, 0.15) is 39.2 Å². The van der Waals surface area contributed by atoms with Crippen LogP contribution >= 0.6 is 0 Å². The van der Waals surface area contributed by atoms with Gasteiger partial charge in [0.2, 0.25) is 0 Å². The van der Waals surface area contributed by atoms with Crippen molar-refractivity contribution in [3.63, 3.8) is 0 Å². The summed E-state index contributed by atoms with van der Waals surface area (Å²) in [7, 11) is 1.88. The zero-order valence-corrected chi connectivity index (χ0v) is 15.8. The van der Waals surface area contributed by atoms with Crippen LogP contribution in [0.4, 0.5) is 0 Å². The molecule has 1 aromatic carbocycles. The Balaban J connectivity index is 1.71. The SMILES string of the molecule is CN=C(NCCNC(C)(C)C)N1CCC(Cc2ccccc2)CC1. The van der Waals surface area contributed by atoms with Crippen molar-refractivity contribution in [2.24, 2.45) is 10.9 Å². The minimum absolute atomic E-state index is 0.168. The van der Waals surface area contributed by atoms with Crippen molar-refractivity contribution in [1.82, 2.24) is 15.5 Å². The number of piperidine rings is 1. The van der Waals surface area contributed by atoms with Gasteiger partial charge in [0.15, 0.2) is 5.96 Å². The van der Waals surface area contributed by atoms with Gasteiger partial charge in [-0.2, -0.15) is 0 Å². The Labute approximate surface area is 147 Å². The molecule has 1 aliphatic heterocycles. The number of guanidine groups is 1. The lowest BCUT2D eigenvalue weighted by Crippen LogP contribution is -2.48. The van der Waals surface area contributed by atoms with Gasteiger partial charge in [-0.1, -0.05) is 30.3 Å². The average molecular weight is 331 g/mol. The predicted molar refractivity (Wildman–Crippen MR) is 104 cm³/mol. The molecule has 0 radical (unpaired) electrons. The molecule has 134 valence electrons. The molecule has 2 N–H and O–H groups in total. The summed E-state index contributed by atoms with van der Waals surface area (Å²) in [5, 5.41) is 6.99. The fourth-order valence-corrected chi connectivity index (χ4v) is 3.24. The van der Waals surface area contributed by atoms with E-state index < -0.39 is 0 Å². The van der Waals surface area contributed by atoms with Crippen LogP contribution in [-0.4, -0.2) is 49.6 Å². The van der Waals surface area contributed by atoms with Crippen molar-refractivity contribution in [1.29, 1.82) is 0 Å². The van der Waals surface area contributed by atoms with Crippen LogP contribution in [-0.2, 0) is 6.42 Å². The van der Waals surface area contributed by atoms with E-state index in [2.05, 4.69) is 71.6 Å². The first kappa shape index (κ1) is 18.8. The van der Waals surface area contributed by atoms with Crippen molar-refractivity contribution in [3.05, 3.63) is 35.9 Å². The number of rotatable bonds is 5. The maximum Gasteiger partial charge on any atom is 0.193 e. The molecule has 1 saturated heterocycles. The monoisotopic (exact) mass is 330 g/mol. The molecule has 0 saturated carbocycles. The summed E-state index contributed by atoms with van der Waals surface area (Å²) in [6.07, 6.45) is 3.70. The lowest BCUT2D eigenvalue weighted by molar-refractivity contribution is 0.259. The number of benzene rings is 1. The molecule has 1 heterocycles. The van der Waals surface area contributed by atoms with Gasteiger partial charge in [-0.05, 0) is 51.5 Å². The Hall–Kier alpha value is -1.55. The smallest absolute Gasteiger partial charge is 0.193 e. The molecule has 0 aliphatic carbocycles. The van der Waals surface area contributed by atoms with Crippen molar-refractivity contribution in [2.45, 2.75) is 45.6 Å². The highest BCUT2D eigenvalue weighted by atomic mass is 15.3. The molecule has 1 aliphatic rings. The summed E-state index contributed by atoms with van der Waals surface area (Å²) >= 11 is 0. The van der Waals surface area contributed by atoms with E-state index in [1.807, 2.05) is 7.05 Å².